The lowest BCUT2D eigenvalue weighted by Crippen LogP contribution is -2.08. The van der Waals surface area contributed by atoms with E-state index in [1.54, 1.807) is 0 Å². The van der Waals surface area contributed by atoms with E-state index in [9.17, 15) is 4.79 Å². The van der Waals surface area contributed by atoms with E-state index in [2.05, 4.69) is 12.1 Å². The van der Waals surface area contributed by atoms with Gasteiger partial charge in [0.15, 0.2) is 0 Å². The molecule has 0 saturated heterocycles. The zero-order valence-corrected chi connectivity index (χ0v) is 17.7. The van der Waals surface area contributed by atoms with Gasteiger partial charge in [-0.1, -0.05) is 60.7 Å². The number of carbonyl (C=O) groups is 1. The fourth-order valence-electron chi connectivity index (χ4n) is 3.10. The number of hydrogen-bond acceptors (Lipinski definition) is 5. The topological polar surface area (TPSA) is 54.0 Å². The second-order valence-electron chi connectivity index (χ2n) is 6.76. The minimum absolute atomic E-state index is 0.279. The van der Waals surface area contributed by atoms with Gasteiger partial charge >= 0.3 is 5.97 Å². The van der Waals surface area contributed by atoms with Crippen molar-refractivity contribution in [1.82, 2.24) is 0 Å². The first-order valence-electron chi connectivity index (χ1n) is 10.0. The Morgan fingerprint density at radius 1 is 0.839 bits per heavy atom. The lowest BCUT2D eigenvalue weighted by atomic mass is 10.0. The molecule has 0 bridgehead atoms. The number of methoxy groups -OCH3 is 2. The van der Waals surface area contributed by atoms with Crippen LogP contribution in [0.5, 0.6) is 11.5 Å². The van der Waals surface area contributed by atoms with Gasteiger partial charge in [-0.2, -0.15) is 0 Å². The lowest BCUT2D eigenvalue weighted by molar-refractivity contribution is -0.133. The molecule has 0 aliphatic heterocycles. The average molecular weight is 418 g/mol. The summed E-state index contributed by atoms with van der Waals surface area (Å²) in [6.07, 6.45) is 2.22. The highest BCUT2D eigenvalue weighted by molar-refractivity contribution is 6.16. The van der Waals surface area contributed by atoms with E-state index in [4.69, 9.17) is 18.9 Å². The smallest absolute Gasteiger partial charge is 0.341 e. The van der Waals surface area contributed by atoms with Gasteiger partial charge in [-0.05, 0) is 28.8 Å². The van der Waals surface area contributed by atoms with Crippen LogP contribution in [-0.2, 0) is 27.3 Å². The van der Waals surface area contributed by atoms with E-state index >= 15 is 0 Å². The van der Waals surface area contributed by atoms with Gasteiger partial charge in [0, 0.05) is 12.5 Å². The van der Waals surface area contributed by atoms with E-state index in [-0.39, 0.29) is 6.61 Å². The van der Waals surface area contributed by atoms with Gasteiger partial charge < -0.3 is 18.9 Å². The van der Waals surface area contributed by atoms with Crippen molar-refractivity contribution in [2.45, 2.75) is 13.0 Å². The third-order valence-corrected chi connectivity index (χ3v) is 4.65. The number of benzene rings is 3. The molecule has 3 aromatic rings. The molecule has 0 saturated carbocycles. The summed E-state index contributed by atoms with van der Waals surface area (Å²) in [5.74, 6) is 0.960. The van der Waals surface area contributed by atoms with Gasteiger partial charge in [0.1, 0.15) is 23.7 Å². The van der Waals surface area contributed by atoms with Gasteiger partial charge in [-0.3, -0.25) is 0 Å². The van der Waals surface area contributed by atoms with Crippen LogP contribution in [0.3, 0.4) is 0 Å². The van der Waals surface area contributed by atoms with Gasteiger partial charge in [0.25, 0.3) is 0 Å². The van der Waals surface area contributed by atoms with Crippen molar-refractivity contribution in [3.63, 3.8) is 0 Å². The monoisotopic (exact) mass is 418 g/mol. The summed E-state index contributed by atoms with van der Waals surface area (Å²) in [5.41, 5.74) is 3.11. The van der Waals surface area contributed by atoms with E-state index in [1.165, 1.54) is 26.0 Å². The quantitative estimate of drug-likeness (QED) is 0.262. The van der Waals surface area contributed by atoms with Crippen molar-refractivity contribution in [3.8, 4) is 11.5 Å². The molecule has 0 radical (unpaired) electrons. The Kier molecular flexibility index (Phi) is 8.12. The maximum atomic E-state index is 12.1. The van der Waals surface area contributed by atoms with Crippen LogP contribution in [0.2, 0.25) is 0 Å². The van der Waals surface area contributed by atoms with Crippen LogP contribution < -0.4 is 9.47 Å². The van der Waals surface area contributed by atoms with Gasteiger partial charge in [0.2, 0.25) is 0 Å². The van der Waals surface area contributed by atoms with Gasteiger partial charge in [-0.25, -0.2) is 4.79 Å². The molecule has 0 heterocycles. The molecule has 0 fully saturated rings. The molecule has 0 N–H and O–H groups in total. The summed E-state index contributed by atoms with van der Waals surface area (Å²) in [6, 6.07) is 25.2. The summed E-state index contributed by atoms with van der Waals surface area (Å²) in [6.45, 7) is 0.863. The highest BCUT2D eigenvalue weighted by Crippen LogP contribution is 2.24. The molecule has 0 atom stereocenters. The zero-order valence-electron chi connectivity index (χ0n) is 17.7. The van der Waals surface area contributed by atoms with Crippen LogP contribution >= 0.6 is 0 Å². The van der Waals surface area contributed by atoms with Crippen LogP contribution in [0, 0.1) is 0 Å². The number of carbonyl (C=O) groups excluding carboxylic acids is 1. The Morgan fingerprint density at radius 3 is 2.29 bits per heavy atom. The molecule has 0 aromatic heterocycles. The maximum absolute atomic E-state index is 12.1. The van der Waals surface area contributed by atoms with Crippen molar-refractivity contribution in [3.05, 3.63) is 102 Å². The first kappa shape index (κ1) is 22.0. The van der Waals surface area contributed by atoms with E-state index in [0.717, 1.165) is 17.7 Å². The van der Waals surface area contributed by atoms with Crippen molar-refractivity contribution in [2.75, 3.05) is 20.8 Å². The second-order valence-corrected chi connectivity index (χ2v) is 6.76. The molecule has 5 heteroatoms. The van der Waals surface area contributed by atoms with Crippen LogP contribution in [0.25, 0.3) is 5.57 Å². The summed E-state index contributed by atoms with van der Waals surface area (Å²) >= 11 is 0. The molecule has 3 rings (SSSR count). The van der Waals surface area contributed by atoms with Crippen molar-refractivity contribution in [1.29, 1.82) is 0 Å². The molecule has 3 aromatic carbocycles. The molecule has 0 spiro atoms. The predicted octanol–water partition coefficient (Wildman–Crippen LogP) is 5.05. The molecular weight excluding hydrogens is 392 g/mol. The Bertz CT molecular complexity index is 1010. The Labute approximate surface area is 182 Å². The molecule has 5 nitrogen and oxygen atoms in total. The fourth-order valence-corrected chi connectivity index (χ4v) is 3.10. The summed E-state index contributed by atoms with van der Waals surface area (Å²) in [5, 5.41) is 0. The van der Waals surface area contributed by atoms with E-state index in [1.807, 2.05) is 66.7 Å². The largest absolute Gasteiger partial charge is 0.503 e. The zero-order chi connectivity index (χ0) is 21.9. The van der Waals surface area contributed by atoms with Crippen LogP contribution in [0.1, 0.15) is 16.7 Å². The van der Waals surface area contributed by atoms with Gasteiger partial charge in [-0.15, -0.1) is 0 Å². The van der Waals surface area contributed by atoms with Crippen LogP contribution in [-0.4, -0.2) is 26.8 Å². The van der Waals surface area contributed by atoms with Crippen molar-refractivity contribution >= 4 is 11.5 Å². The van der Waals surface area contributed by atoms with Crippen molar-refractivity contribution in [2.24, 2.45) is 0 Å². The Balaban J connectivity index is 1.65. The molecule has 160 valence electrons. The normalized spacial score (nSPS) is 11.0. The number of ether oxygens (including phenoxy) is 4. The molecule has 0 amide bonds. The van der Waals surface area contributed by atoms with Crippen LogP contribution in [0.15, 0.2) is 85.1 Å². The average Bonchev–Trinajstić information content (AvgIpc) is 2.82. The molecular formula is C26H26O5. The predicted molar refractivity (Wildman–Crippen MR) is 120 cm³/mol. The lowest BCUT2D eigenvalue weighted by Gasteiger charge is -2.13. The first-order valence-corrected chi connectivity index (χ1v) is 10.0. The molecule has 0 aliphatic rings. The minimum Gasteiger partial charge on any atom is -0.503 e. The molecule has 31 heavy (non-hydrogen) atoms. The maximum Gasteiger partial charge on any atom is 0.341 e. The molecule has 0 aliphatic carbocycles. The first-order chi connectivity index (χ1) is 15.2. The summed E-state index contributed by atoms with van der Waals surface area (Å²) in [7, 11) is 2.83. The van der Waals surface area contributed by atoms with Gasteiger partial charge in [0.05, 0.1) is 27.1 Å². The number of rotatable bonds is 10. The standard InChI is InChI=1S/C26H26O5/c1-28-19-25(26(27)29-2)24-14-7-6-11-21(24)18-31-23-13-8-12-22(17-23)30-16-15-20-9-4-3-5-10-20/h3-14,17,19H,15-16,18H2,1-2H3. The Hall–Kier alpha value is -3.73. The van der Waals surface area contributed by atoms with E-state index in [0.29, 0.717) is 23.5 Å². The van der Waals surface area contributed by atoms with Crippen LogP contribution in [0.4, 0.5) is 0 Å². The highest BCUT2D eigenvalue weighted by Gasteiger charge is 2.17. The Morgan fingerprint density at radius 2 is 1.55 bits per heavy atom. The number of hydrogen-bond donors (Lipinski definition) is 0. The van der Waals surface area contributed by atoms with E-state index < -0.39 is 5.97 Å². The summed E-state index contributed by atoms with van der Waals surface area (Å²) in [4.78, 5) is 12.1. The summed E-state index contributed by atoms with van der Waals surface area (Å²) < 4.78 is 21.8. The minimum atomic E-state index is -0.469. The SMILES string of the molecule is COC=C(C(=O)OC)c1ccccc1COc1cccc(OCCc2ccccc2)c1. The highest BCUT2D eigenvalue weighted by atomic mass is 16.5. The second kappa shape index (κ2) is 11.5. The molecule has 0 unspecified atom stereocenters. The number of esters is 1. The third-order valence-electron chi connectivity index (χ3n) is 4.65. The van der Waals surface area contributed by atoms with Crippen molar-refractivity contribution < 1.29 is 23.7 Å². The third kappa shape index (κ3) is 6.37. The fraction of sp³-hybridized carbons (Fsp3) is 0.192.